The Morgan fingerprint density at radius 2 is 1.97 bits per heavy atom. The van der Waals surface area contributed by atoms with E-state index in [2.05, 4.69) is 0 Å². The summed E-state index contributed by atoms with van der Waals surface area (Å²) in [6.45, 7) is 1.82. The lowest BCUT2D eigenvalue weighted by Crippen LogP contribution is -2.08. The van der Waals surface area contributed by atoms with E-state index in [0.717, 1.165) is 10.1 Å². The lowest BCUT2D eigenvalue weighted by molar-refractivity contribution is -0.137. The highest BCUT2D eigenvalue weighted by molar-refractivity contribution is 7.21. The molecule has 2 aromatic carbocycles. The molecular weight excluding hydrogens is 426 g/mol. The van der Waals surface area contributed by atoms with E-state index < -0.39 is 11.9 Å². The molecule has 1 heterocycles. The van der Waals surface area contributed by atoms with Gasteiger partial charge in [0.05, 0.1) is 18.7 Å². The van der Waals surface area contributed by atoms with Crippen molar-refractivity contribution < 1.29 is 23.8 Å². The van der Waals surface area contributed by atoms with Crippen LogP contribution in [0.15, 0.2) is 48.0 Å². The topological polar surface area (TPSA) is 85.6 Å². The number of halogens is 1. The second-order valence-corrected chi connectivity index (χ2v) is 7.36. The van der Waals surface area contributed by atoms with E-state index in [1.165, 1.54) is 30.6 Å². The SMILES string of the molecule is CCOC(=O)/C(C#N)=C/c1ccc(OC(=O)c2sc3ccccc3c2Cl)c(OC)c1. The number of nitriles is 1. The summed E-state index contributed by atoms with van der Waals surface area (Å²) in [5.41, 5.74) is 0.358. The van der Waals surface area contributed by atoms with Gasteiger partial charge in [0.1, 0.15) is 16.5 Å². The van der Waals surface area contributed by atoms with Gasteiger partial charge in [0, 0.05) is 10.1 Å². The zero-order chi connectivity index (χ0) is 21.7. The van der Waals surface area contributed by atoms with Crippen LogP contribution in [0.1, 0.15) is 22.2 Å². The quantitative estimate of drug-likeness (QED) is 0.225. The van der Waals surface area contributed by atoms with Gasteiger partial charge in [0.15, 0.2) is 11.5 Å². The Morgan fingerprint density at radius 1 is 1.20 bits per heavy atom. The molecule has 0 bridgehead atoms. The fraction of sp³-hybridized carbons (Fsp3) is 0.136. The van der Waals surface area contributed by atoms with Gasteiger partial charge in [-0.2, -0.15) is 5.26 Å². The minimum Gasteiger partial charge on any atom is -0.493 e. The highest BCUT2D eigenvalue weighted by Gasteiger charge is 2.20. The molecule has 152 valence electrons. The molecule has 0 saturated carbocycles. The summed E-state index contributed by atoms with van der Waals surface area (Å²) < 4.78 is 16.5. The number of rotatable bonds is 6. The van der Waals surface area contributed by atoms with Gasteiger partial charge < -0.3 is 14.2 Å². The van der Waals surface area contributed by atoms with Crippen molar-refractivity contribution in [3.63, 3.8) is 0 Å². The lowest BCUT2D eigenvalue weighted by Gasteiger charge is -2.10. The van der Waals surface area contributed by atoms with Gasteiger partial charge in [0.25, 0.3) is 0 Å². The summed E-state index contributed by atoms with van der Waals surface area (Å²) in [5.74, 6) is -0.876. The Hall–Kier alpha value is -3.34. The first-order chi connectivity index (χ1) is 14.5. The molecule has 0 saturated heterocycles. The molecule has 0 spiro atoms. The van der Waals surface area contributed by atoms with E-state index in [-0.39, 0.29) is 28.6 Å². The number of ether oxygens (including phenoxy) is 3. The largest absolute Gasteiger partial charge is 0.493 e. The second-order valence-electron chi connectivity index (χ2n) is 5.93. The summed E-state index contributed by atoms with van der Waals surface area (Å²) in [5, 5.41) is 10.3. The minimum atomic E-state index is -0.714. The molecule has 8 heteroatoms. The molecule has 3 aromatic rings. The third kappa shape index (κ3) is 4.46. The van der Waals surface area contributed by atoms with Crippen LogP contribution < -0.4 is 9.47 Å². The van der Waals surface area contributed by atoms with Crippen molar-refractivity contribution in [3.05, 3.63) is 63.5 Å². The van der Waals surface area contributed by atoms with E-state index in [1.807, 2.05) is 24.3 Å². The first-order valence-electron chi connectivity index (χ1n) is 8.84. The predicted octanol–water partition coefficient (Wildman–Crippen LogP) is 5.25. The molecule has 6 nitrogen and oxygen atoms in total. The summed E-state index contributed by atoms with van der Waals surface area (Å²) >= 11 is 7.58. The maximum Gasteiger partial charge on any atom is 0.355 e. The summed E-state index contributed by atoms with van der Waals surface area (Å²) in [7, 11) is 1.42. The average molecular weight is 442 g/mol. The molecule has 30 heavy (non-hydrogen) atoms. The third-order valence-electron chi connectivity index (χ3n) is 4.04. The Morgan fingerprint density at radius 3 is 2.63 bits per heavy atom. The number of hydrogen-bond acceptors (Lipinski definition) is 7. The number of benzene rings is 2. The van der Waals surface area contributed by atoms with Gasteiger partial charge in [-0.05, 0) is 36.8 Å². The molecule has 0 radical (unpaired) electrons. The Bertz CT molecular complexity index is 1190. The number of thiophene rings is 1. The van der Waals surface area contributed by atoms with Crippen LogP contribution in [0, 0.1) is 11.3 Å². The van der Waals surface area contributed by atoms with Gasteiger partial charge in [-0.25, -0.2) is 9.59 Å². The highest BCUT2D eigenvalue weighted by Crippen LogP contribution is 2.37. The average Bonchev–Trinajstić information content (AvgIpc) is 3.09. The highest BCUT2D eigenvalue weighted by atomic mass is 35.5. The van der Waals surface area contributed by atoms with Crippen LogP contribution in [-0.4, -0.2) is 25.7 Å². The van der Waals surface area contributed by atoms with Crippen molar-refractivity contribution in [1.82, 2.24) is 0 Å². The van der Waals surface area contributed by atoms with Gasteiger partial charge in [0.2, 0.25) is 0 Å². The molecule has 0 aliphatic rings. The van der Waals surface area contributed by atoms with E-state index >= 15 is 0 Å². The van der Waals surface area contributed by atoms with Crippen LogP contribution in [0.4, 0.5) is 0 Å². The van der Waals surface area contributed by atoms with E-state index in [1.54, 1.807) is 25.1 Å². The van der Waals surface area contributed by atoms with Gasteiger partial charge in [-0.3, -0.25) is 0 Å². The molecule has 0 unspecified atom stereocenters. The smallest absolute Gasteiger partial charge is 0.355 e. The van der Waals surface area contributed by atoms with Crippen molar-refractivity contribution in [2.24, 2.45) is 0 Å². The summed E-state index contributed by atoms with van der Waals surface area (Å²) in [4.78, 5) is 24.7. The zero-order valence-corrected chi connectivity index (χ0v) is 17.7. The molecular formula is C22H16ClNO5S. The molecule has 0 atom stereocenters. The summed E-state index contributed by atoms with van der Waals surface area (Å²) in [6, 6.07) is 13.9. The number of carbonyl (C=O) groups is 2. The molecule has 0 amide bonds. The first kappa shape index (κ1) is 21.4. The molecule has 0 fully saturated rings. The van der Waals surface area contributed by atoms with Crippen molar-refractivity contribution in [3.8, 4) is 17.6 Å². The minimum absolute atomic E-state index is 0.152. The number of esters is 2. The standard InChI is InChI=1S/C22H16ClNO5S/c1-3-28-21(25)14(12-24)10-13-8-9-16(17(11-13)27-2)29-22(26)20-19(23)15-6-4-5-7-18(15)30-20/h4-11H,3H2,1-2H3/b14-10+. The third-order valence-corrected chi connectivity index (χ3v) is 5.69. The maximum absolute atomic E-state index is 12.7. The molecule has 0 aliphatic heterocycles. The summed E-state index contributed by atoms with van der Waals surface area (Å²) in [6.07, 6.45) is 1.37. The molecule has 3 rings (SSSR count). The number of methoxy groups -OCH3 is 1. The van der Waals surface area contributed by atoms with Crippen LogP contribution in [0.3, 0.4) is 0 Å². The number of nitrogens with zero attached hydrogens (tertiary/aromatic N) is 1. The van der Waals surface area contributed by atoms with Crippen LogP contribution in [0.25, 0.3) is 16.2 Å². The van der Waals surface area contributed by atoms with Gasteiger partial charge in [-0.15, -0.1) is 11.3 Å². The number of hydrogen-bond donors (Lipinski definition) is 0. The van der Waals surface area contributed by atoms with Crippen LogP contribution in [0.5, 0.6) is 11.5 Å². The van der Waals surface area contributed by atoms with Gasteiger partial charge >= 0.3 is 11.9 Å². The fourth-order valence-electron chi connectivity index (χ4n) is 2.66. The van der Waals surface area contributed by atoms with Crippen LogP contribution in [-0.2, 0) is 9.53 Å². The van der Waals surface area contributed by atoms with E-state index in [0.29, 0.717) is 10.6 Å². The monoisotopic (exact) mass is 441 g/mol. The van der Waals surface area contributed by atoms with Gasteiger partial charge in [-0.1, -0.05) is 35.9 Å². The van der Waals surface area contributed by atoms with Crippen molar-refractivity contribution in [2.45, 2.75) is 6.92 Å². The van der Waals surface area contributed by atoms with Crippen LogP contribution >= 0.6 is 22.9 Å². The number of carbonyl (C=O) groups excluding carboxylic acids is 2. The molecule has 0 aliphatic carbocycles. The lowest BCUT2D eigenvalue weighted by atomic mass is 10.1. The molecule has 0 N–H and O–H groups in total. The van der Waals surface area contributed by atoms with E-state index in [9.17, 15) is 9.59 Å². The Balaban J connectivity index is 1.88. The Labute approximate surface area is 181 Å². The van der Waals surface area contributed by atoms with Crippen molar-refractivity contribution in [2.75, 3.05) is 13.7 Å². The zero-order valence-electron chi connectivity index (χ0n) is 16.1. The predicted molar refractivity (Wildman–Crippen MR) is 115 cm³/mol. The molecule has 1 aromatic heterocycles. The van der Waals surface area contributed by atoms with E-state index in [4.69, 9.17) is 31.1 Å². The van der Waals surface area contributed by atoms with Crippen LogP contribution in [0.2, 0.25) is 5.02 Å². The van der Waals surface area contributed by atoms with Crippen molar-refractivity contribution in [1.29, 1.82) is 5.26 Å². The first-order valence-corrected chi connectivity index (χ1v) is 10.0. The fourth-order valence-corrected chi connectivity index (χ4v) is 4.05. The Kier molecular flexibility index (Phi) is 6.72. The maximum atomic E-state index is 12.7. The van der Waals surface area contributed by atoms with Crippen molar-refractivity contribution >= 4 is 51.0 Å². The second kappa shape index (κ2) is 9.44. The normalized spacial score (nSPS) is 11.1. The number of fused-ring (bicyclic) bond motifs is 1.